The number of benzene rings is 1. The molecule has 0 saturated carbocycles. The maximum Gasteiger partial charge on any atom is 0.333 e. The molecular weight excluding hydrogens is 458 g/mol. The first-order valence-corrected chi connectivity index (χ1v) is 11.0. The van der Waals surface area contributed by atoms with E-state index in [1.165, 1.54) is 6.07 Å². The Hall–Kier alpha value is -4.02. The smallest absolute Gasteiger partial charge is 0.333 e. The van der Waals surface area contributed by atoms with Crippen molar-refractivity contribution in [1.82, 2.24) is 10.0 Å². The van der Waals surface area contributed by atoms with Gasteiger partial charge in [-0.05, 0) is 36.6 Å². The number of phenols is 1. The van der Waals surface area contributed by atoms with Crippen LogP contribution in [0.5, 0.6) is 17.5 Å². The van der Waals surface area contributed by atoms with Crippen LogP contribution in [0.3, 0.4) is 0 Å². The van der Waals surface area contributed by atoms with Crippen LogP contribution >= 0.6 is 0 Å². The van der Waals surface area contributed by atoms with Crippen molar-refractivity contribution < 1.29 is 42.7 Å². The summed E-state index contributed by atoms with van der Waals surface area (Å²) in [5, 5.41) is 40.0. The monoisotopic (exact) mass is 479 g/mol. The number of rotatable bonds is 10. The molecule has 0 aliphatic rings. The third-order valence-corrected chi connectivity index (χ3v) is 5.15. The molecule has 0 atom stereocenters. The van der Waals surface area contributed by atoms with Gasteiger partial charge in [-0.1, -0.05) is 12.5 Å². The van der Waals surface area contributed by atoms with E-state index < -0.39 is 44.4 Å². The van der Waals surface area contributed by atoms with Gasteiger partial charge in [0.25, 0.3) is 16.0 Å². The average molecular weight is 479 g/mol. The minimum Gasteiger partial charge on any atom is -0.506 e. The van der Waals surface area contributed by atoms with Crippen molar-refractivity contribution in [2.24, 2.45) is 0 Å². The second kappa shape index (κ2) is 11.0. The van der Waals surface area contributed by atoms with Crippen molar-refractivity contribution in [3.8, 4) is 23.6 Å². The lowest BCUT2D eigenvalue weighted by atomic mass is 10.1. The summed E-state index contributed by atoms with van der Waals surface area (Å²) in [6.07, 6.45) is 2.52. The summed E-state index contributed by atoms with van der Waals surface area (Å²) in [6.45, 7) is 0.192. The van der Waals surface area contributed by atoms with E-state index in [-0.39, 0.29) is 24.1 Å². The van der Waals surface area contributed by atoms with Gasteiger partial charge in [-0.2, -0.15) is 13.7 Å². The van der Waals surface area contributed by atoms with Gasteiger partial charge < -0.3 is 25.5 Å². The van der Waals surface area contributed by atoms with E-state index in [1.54, 1.807) is 6.07 Å². The van der Waals surface area contributed by atoms with Crippen molar-refractivity contribution in [3.63, 3.8) is 0 Å². The summed E-state index contributed by atoms with van der Waals surface area (Å²) in [6, 6.07) is 7.19. The Kier molecular flexibility index (Phi) is 8.43. The second-order valence-corrected chi connectivity index (χ2v) is 8.14. The summed E-state index contributed by atoms with van der Waals surface area (Å²) in [7, 11) is -4.69. The Morgan fingerprint density at radius 1 is 1.09 bits per heavy atom. The Morgan fingerprint density at radius 3 is 2.36 bits per heavy atom. The third kappa shape index (κ3) is 7.27. The number of carbonyl (C=O) groups is 2. The largest absolute Gasteiger partial charge is 0.506 e. The summed E-state index contributed by atoms with van der Waals surface area (Å²) in [4.78, 5) is 27.9. The van der Waals surface area contributed by atoms with Gasteiger partial charge in [0.05, 0.1) is 0 Å². The van der Waals surface area contributed by atoms with Gasteiger partial charge in [-0.3, -0.25) is 9.35 Å². The van der Waals surface area contributed by atoms with E-state index >= 15 is 0 Å². The van der Waals surface area contributed by atoms with Gasteiger partial charge in [-0.15, -0.1) is 4.73 Å². The molecule has 1 heterocycles. The van der Waals surface area contributed by atoms with E-state index in [9.17, 15) is 38.6 Å². The molecule has 0 radical (unpaired) electrons. The van der Waals surface area contributed by atoms with Crippen molar-refractivity contribution in [3.05, 3.63) is 41.5 Å². The first-order chi connectivity index (χ1) is 15.5. The molecule has 2 rings (SSSR count). The lowest BCUT2D eigenvalue weighted by Crippen LogP contribution is -2.25. The Bertz CT molecular complexity index is 1190. The molecule has 0 spiro atoms. The molecule has 0 saturated heterocycles. The molecule has 0 aliphatic carbocycles. The van der Waals surface area contributed by atoms with Gasteiger partial charge in [-0.25, -0.2) is 4.79 Å². The van der Waals surface area contributed by atoms with Crippen LogP contribution < -0.4 is 10.2 Å². The Labute approximate surface area is 188 Å². The van der Waals surface area contributed by atoms with Gasteiger partial charge >= 0.3 is 5.97 Å². The standard InChI is InChI=1S/C20H21N3O9S/c21-12-14(10-13-5-6-15(24)16(11-13)33(29,30)31)20(28)22-9-3-1-2-4-19(27)32-23-17(25)7-8-18(23)26/h5-8,10-11,24-26H,1-4,9H2,(H,22,28)(H,29,30,31). The number of hydrogen-bond donors (Lipinski definition) is 5. The first-order valence-electron chi connectivity index (χ1n) is 9.54. The number of nitrogens with one attached hydrogen (secondary N) is 1. The van der Waals surface area contributed by atoms with Crippen molar-refractivity contribution in [2.75, 3.05) is 6.54 Å². The van der Waals surface area contributed by atoms with Crippen molar-refractivity contribution >= 4 is 28.1 Å². The average Bonchev–Trinajstić information content (AvgIpc) is 3.06. The van der Waals surface area contributed by atoms with E-state index in [1.807, 2.05) is 0 Å². The van der Waals surface area contributed by atoms with E-state index in [0.29, 0.717) is 24.0 Å². The number of unbranched alkanes of at least 4 members (excludes halogenated alkanes) is 2. The van der Waals surface area contributed by atoms with Crippen molar-refractivity contribution in [1.29, 1.82) is 5.26 Å². The number of aromatic hydroxyl groups is 3. The minimum absolute atomic E-state index is 0.00526. The number of nitriles is 1. The van der Waals surface area contributed by atoms with Crippen LogP contribution in [0.15, 0.2) is 40.8 Å². The summed E-state index contributed by atoms with van der Waals surface area (Å²) in [5.74, 6) is -2.91. The van der Waals surface area contributed by atoms with Crippen LogP contribution in [0, 0.1) is 11.3 Å². The molecule has 0 fully saturated rings. The third-order valence-electron chi connectivity index (χ3n) is 4.27. The van der Waals surface area contributed by atoms with Crippen LogP contribution in [0.1, 0.15) is 31.2 Å². The van der Waals surface area contributed by atoms with Crippen LogP contribution in [0.2, 0.25) is 0 Å². The van der Waals surface area contributed by atoms with Gasteiger partial charge in [0.2, 0.25) is 11.8 Å². The van der Waals surface area contributed by atoms with Crippen LogP contribution in [0.4, 0.5) is 0 Å². The van der Waals surface area contributed by atoms with Crippen LogP contribution in [0.25, 0.3) is 6.08 Å². The number of nitrogens with zero attached hydrogens (tertiary/aromatic N) is 2. The summed E-state index contributed by atoms with van der Waals surface area (Å²) < 4.78 is 32.2. The highest BCUT2D eigenvalue weighted by molar-refractivity contribution is 7.86. The van der Waals surface area contributed by atoms with Gasteiger partial charge in [0.15, 0.2) is 0 Å². The number of hydrogen-bond acceptors (Lipinski definition) is 9. The molecule has 2 aromatic rings. The maximum absolute atomic E-state index is 12.2. The molecule has 13 heteroatoms. The van der Waals surface area contributed by atoms with Gasteiger partial charge in [0.1, 0.15) is 22.3 Å². The highest BCUT2D eigenvalue weighted by Gasteiger charge is 2.16. The zero-order valence-electron chi connectivity index (χ0n) is 17.1. The highest BCUT2D eigenvalue weighted by atomic mass is 32.2. The van der Waals surface area contributed by atoms with E-state index in [0.717, 1.165) is 30.3 Å². The molecule has 33 heavy (non-hydrogen) atoms. The predicted molar refractivity (Wildman–Crippen MR) is 112 cm³/mol. The number of carbonyl (C=O) groups excluding carboxylic acids is 2. The molecule has 1 aromatic carbocycles. The second-order valence-electron chi connectivity index (χ2n) is 6.75. The molecule has 176 valence electrons. The quantitative estimate of drug-likeness (QED) is 0.142. The van der Waals surface area contributed by atoms with Crippen LogP contribution in [-0.2, 0) is 19.7 Å². The predicted octanol–water partition coefficient (Wildman–Crippen LogP) is 1.09. The summed E-state index contributed by atoms with van der Waals surface area (Å²) in [5.41, 5.74) is -0.220. The van der Waals surface area contributed by atoms with Crippen LogP contribution in [-0.4, -0.2) is 51.4 Å². The maximum atomic E-state index is 12.2. The molecule has 5 N–H and O–H groups in total. The molecule has 0 unspecified atom stereocenters. The Balaban J connectivity index is 1.80. The fraction of sp³-hybridized carbons (Fsp3) is 0.250. The zero-order chi connectivity index (χ0) is 24.6. The number of aromatic nitrogens is 1. The molecule has 0 bridgehead atoms. The number of phenolic OH excluding ortho intramolecular Hbond substituents is 1. The Morgan fingerprint density at radius 2 is 1.76 bits per heavy atom. The van der Waals surface area contributed by atoms with E-state index in [2.05, 4.69) is 5.32 Å². The molecule has 1 aromatic heterocycles. The minimum atomic E-state index is -4.69. The zero-order valence-corrected chi connectivity index (χ0v) is 17.9. The molecule has 0 aliphatic heterocycles. The highest BCUT2D eigenvalue weighted by Crippen LogP contribution is 2.24. The molecule has 12 nitrogen and oxygen atoms in total. The number of amides is 1. The summed E-state index contributed by atoms with van der Waals surface area (Å²) >= 11 is 0. The molecule has 1 amide bonds. The molecular formula is C20H21N3O9S. The first kappa shape index (κ1) is 25.2. The normalized spacial score (nSPS) is 11.6. The fourth-order valence-electron chi connectivity index (χ4n) is 2.65. The fourth-order valence-corrected chi connectivity index (χ4v) is 3.27. The topological polar surface area (TPSA) is 199 Å². The lowest BCUT2D eigenvalue weighted by Gasteiger charge is -2.07. The lowest BCUT2D eigenvalue weighted by molar-refractivity contribution is -0.145. The van der Waals surface area contributed by atoms with Crippen molar-refractivity contribution in [2.45, 2.75) is 30.6 Å². The SMILES string of the molecule is N#CC(=Cc1ccc(O)c(S(=O)(=O)O)c1)C(=O)NCCCCCC(=O)On1c(O)ccc1O. The van der Waals surface area contributed by atoms with Gasteiger partial charge in [0, 0.05) is 25.1 Å². The van der Waals surface area contributed by atoms with E-state index in [4.69, 9.17) is 9.39 Å².